The summed E-state index contributed by atoms with van der Waals surface area (Å²) in [6.45, 7) is 2.92. The monoisotopic (exact) mass is 412 g/mol. The molecule has 0 atom stereocenters. The van der Waals surface area contributed by atoms with E-state index >= 15 is 0 Å². The summed E-state index contributed by atoms with van der Waals surface area (Å²) in [7, 11) is 3.25. The van der Waals surface area contributed by atoms with Gasteiger partial charge in [0.15, 0.2) is 5.16 Å². The van der Waals surface area contributed by atoms with Gasteiger partial charge in [-0.1, -0.05) is 23.9 Å². The van der Waals surface area contributed by atoms with Crippen molar-refractivity contribution in [3.8, 4) is 11.4 Å². The third kappa shape index (κ3) is 5.36. The van der Waals surface area contributed by atoms with E-state index in [0.29, 0.717) is 18.7 Å². The second-order valence-electron chi connectivity index (χ2n) is 6.30. The molecule has 2 aromatic carbocycles. The average Bonchev–Trinajstić information content (AvgIpc) is 3.13. The van der Waals surface area contributed by atoms with Crippen molar-refractivity contribution in [2.75, 3.05) is 27.4 Å². The molecule has 0 aliphatic rings. The van der Waals surface area contributed by atoms with E-state index in [4.69, 9.17) is 9.47 Å². The first-order chi connectivity index (χ1) is 14.1. The number of carbonyl (C=O) groups excluding carboxylic acids is 1. The Morgan fingerprint density at radius 2 is 1.79 bits per heavy atom. The van der Waals surface area contributed by atoms with Gasteiger partial charge in [0, 0.05) is 30.7 Å². The Balaban J connectivity index is 1.65. The van der Waals surface area contributed by atoms with Crippen LogP contribution >= 0.6 is 11.8 Å². The van der Waals surface area contributed by atoms with Crippen molar-refractivity contribution in [2.45, 2.75) is 17.8 Å². The second kappa shape index (κ2) is 10.1. The minimum Gasteiger partial charge on any atom is -0.497 e. The van der Waals surface area contributed by atoms with E-state index in [1.165, 1.54) is 0 Å². The van der Waals surface area contributed by atoms with Crippen LogP contribution in [-0.2, 0) is 10.5 Å². The van der Waals surface area contributed by atoms with Gasteiger partial charge in [0.05, 0.1) is 13.7 Å². The minimum absolute atomic E-state index is 0.101. The number of aromatic nitrogens is 3. The molecule has 1 heterocycles. The predicted octanol–water partition coefficient (Wildman–Crippen LogP) is 3.25. The number of thioether (sulfide) groups is 1. The average molecular weight is 413 g/mol. The molecule has 29 heavy (non-hydrogen) atoms. The molecule has 0 aliphatic carbocycles. The van der Waals surface area contributed by atoms with Crippen LogP contribution in [0.4, 0.5) is 0 Å². The van der Waals surface area contributed by atoms with Crippen LogP contribution < -0.4 is 10.1 Å². The van der Waals surface area contributed by atoms with Crippen molar-refractivity contribution >= 4 is 17.7 Å². The molecule has 0 fully saturated rings. The molecule has 1 N–H and O–H groups in total. The van der Waals surface area contributed by atoms with E-state index in [0.717, 1.165) is 33.7 Å². The molecule has 0 spiro atoms. The molecule has 0 unspecified atom stereocenters. The number of rotatable bonds is 9. The van der Waals surface area contributed by atoms with Gasteiger partial charge < -0.3 is 14.8 Å². The summed E-state index contributed by atoms with van der Waals surface area (Å²) in [5, 5.41) is 12.2. The summed E-state index contributed by atoms with van der Waals surface area (Å²) in [5.74, 6) is 2.25. The van der Waals surface area contributed by atoms with Crippen molar-refractivity contribution in [2.24, 2.45) is 0 Å². The number of nitrogens with zero attached hydrogens (tertiary/aromatic N) is 3. The van der Waals surface area contributed by atoms with Crippen LogP contribution in [0.5, 0.6) is 5.75 Å². The summed E-state index contributed by atoms with van der Waals surface area (Å²) in [5.41, 5.74) is 2.72. The number of ether oxygens (including phenoxy) is 2. The lowest BCUT2D eigenvalue weighted by atomic mass is 10.1. The Kier molecular flexibility index (Phi) is 7.26. The Bertz CT molecular complexity index is 940. The fourth-order valence-corrected chi connectivity index (χ4v) is 3.69. The maximum absolute atomic E-state index is 12.1. The normalized spacial score (nSPS) is 10.7. The Morgan fingerprint density at radius 1 is 1.07 bits per heavy atom. The second-order valence-corrected chi connectivity index (χ2v) is 7.24. The van der Waals surface area contributed by atoms with Crippen LogP contribution in [0, 0.1) is 6.92 Å². The van der Waals surface area contributed by atoms with Crippen LogP contribution in [0.15, 0.2) is 53.7 Å². The highest BCUT2D eigenvalue weighted by Crippen LogP contribution is 2.26. The molecular weight excluding hydrogens is 388 g/mol. The molecule has 0 aliphatic heterocycles. The first kappa shape index (κ1) is 20.9. The zero-order valence-electron chi connectivity index (χ0n) is 16.7. The third-order valence-electron chi connectivity index (χ3n) is 4.30. The Labute approximate surface area is 174 Å². The number of benzene rings is 2. The molecule has 0 saturated heterocycles. The largest absolute Gasteiger partial charge is 0.497 e. The van der Waals surface area contributed by atoms with Crippen LogP contribution in [0.3, 0.4) is 0 Å². The minimum atomic E-state index is -0.101. The van der Waals surface area contributed by atoms with Crippen LogP contribution in [0.25, 0.3) is 5.69 Å². The molecule has 3 aromatic rings. The summed E-state index contributed by atoms with van der Waals surface area (Å²) in [6, 6.07) is 15.4. The highest BCUT2D eigenvalue weighted by Gasteiger charge is 2.12. The molecule has 0 bridgehead atoms. The van der Waals surface area contributed by atoms with Crippen LogP contribution in [0.1, 0.15) is 21.7 Å². The molecular formula is C21H24N4O3S. The van der Waals surface area contributed by atoms with E-state index in [1.54, 1.807) is 26.0 Å². The molecule has 152 valence electrons. The van der Waals surface area contributed by atoms with E-state index in [2.05, 4.69) is 15.5 Å². The smallest absolute Gasteiger partial charge is 0.251 e. The van der Waals surface area contributed by atoms with Gasteiger partial charge in [-0.25, -0.2) is 0 Å². The molecule has 8 heteroatoms. The lowest BCUT2D eigenvalue weighted by Crippen LogP contribution is -2.26. The molecule has 1 amide bonds. The summed E-state index contributed by atoms with van der Waals surface area (Å²) >= 11 is 1.60. The maximum atomic E-state index is 12.1. The number of hydrogen-bond donors (Lipinski definition) is 1. The third-order valence-corrected chi connectivity index (χ3v) is 5.30. The first-order valence-corrected chi connectivity index (χ1v) is 10.2. The number of hydrogen-bond acceptors (Lipinski definition) is 6. The standard InChI is InChI=1S/C21H24N4O3S/c1-15-23-24-21(25(15)18-8-10-19(28-3)11-9-18)29-14-16-4-6-17(7-5-16)20(26)22-12-13-27-2/h4-11H,12-14H2,1-3H3,(H,22,26). The number of nitrogens with one attached hydrogen (secondary N) is 1. The van der Waals surface area contributed by atoms with Crippen molar-refractivity contribution in [3.05, 3.63) is 65.5 Å². The van der Waals surface area contributed by atoms with E-state index in [-0.39, 0.29) is 5.91 Å². The predicted molar refractivity (Wildman–Crippen MR) is 113 cm³/mol. The highest BCUT2D eigenvalue weighted by atomic mass is 32.2. The van der Waals surface area contributed by atoms with E-state index in [9.17, 15) is 4.79 Å². The van der Waals surface area contributed by atoms with Gasteiger partial charge >= 0.3 is 0 Å². The lowest BCUT2D eigenvalue weighted by molar-refractivity contribution is 0.0937. The van der Waals surface area contributed by atoms with Crippen LogP contribution in [0.2, 0.25) is 0 Å². The molecule has 0 radical (unpaired) electrons. The zero-order chi connectivity index (χ0) is 20.6. The number of carbonyl (C=O) groups is 1. The highest BCUT2D eigenvalue weighted by molar-refractivity contribution is 7.98. The van der Waals surface area contributed by atoms with Gasteiger partial charge in [0.1, 0.15) is 11.6 Å². The quantitative estimate of drug-likeness (QED) is 0.429. The van der Waals surface area contributed by atoms with Gasteiger partial charge in [-0.2, -0.15) is 0 Å². The van der Waals surface area contributed by atoms with Crippen LogP contribution in [-0.4, -0.2) is 48.0 Å². The fourth-order valence-electron chi connectivity index (χ4n) is 2.73. The van der Waals surface area contributed by atoms with Crippen molar-refractivity contribution < 1.29 is 14.3 Å². The Morgan fingerprint density at radius 3 is 2.45 bits per heavy atom. The van der Waals surface area contributed by atoms with Crippen molar-refractivity contribution in [3.63, 3.8) is 0 Å². The van der Waals surface area contributed by atoms with E-state index < -0.39 is 0 Å². The van der Waals surface area contributed by atoms with E-state index in [1.807, 2.05) is 60.0 Å². The van der Waals surface area contributed by atoms with Gasteiger partial charge in [-0.3, -0.25) is 9.36 Å². The zero-order valence-corrected chi connectivity index (χ0v) is 17.5. The topological polar surface area (TPSA) is 78.3 Å². The summed E-state index contributed by atoms with van der Waals surface area (Å²) < 4.78 is 12.2. The maximum Gasteiger partial charge on any atom is 0.251 e. The molecule has 3 rings (SSSR count). The Hall–Kier alpha value is -2.84. The molecule has 1 aromatic heterocycles. The lowest BCUT2D eigenvalue weighted by Gasteiger charge is -2.09. The van der Waals surface area contributed by atoms with Gasteiger partial charge in [-0.15, -0.1) is 10.2 Å². The number of aryl methyl sites for hydroxylation is 1. The number of amides is 1. The summed E-state index contributed by atoms with van der Waals surface area (Å²) in [4.78, 5) is 12.1. The van der Waals surface area contributed by atoms with Crippen molar-refractivity contribution in [1.29, 1.82) is 0 Å². The van der Waals surface area contributed by atoms with Gasteiger partial charge in [0.25, 0.3) is 5.91 Å². The summed E-state index contributed by atoms with van der Waals surface area (Å²) in [6.07, 6.45) is 0. The van der Waals surface area contributed by atoms with Gasteiger partial charge in [-0.05, 0) is 48.9 Å². The van der Waals surface area contributed by atoms with Gasteiger partial charge in [0.2, 0.25) is 0 Å². The molecule has 0 saturated carbocycles. The number of methoxy groups -OCH3 is 2. The molecule has 7 nitrogen and oxygen atoms in total. The first-order valence-electron chi connectivity index (χ1n) is 9.17. The SMILES string of the molecule is COCCNC(=O)c1ccc(CSc2nnc(C)n2-c2ccc(OC)cc2)cc1. The fraction of sp³-hybridized carbons (Fsp3) is 0.286. The van der Waals surface area contributed by atoms with Crippen molar-refractivity contribution in [1.82, 2.24) is 20.1 Å².